The Morgan fingerprint density at radius 2 is 2.36 bits per heavy atom. The summed E-state index contributed by atoms with van der Waals surface area (Å²) in [6, 6.07) is 0. The number of hydrogen-bond acceptors (Lipinski definition) is 3. The SMILES string of the molecule is NCC1C=C(OC2CC2)C=C(C=O)C1. The molecular formula is C11H15NO2. The zero-order valence-electron chi connectivity index (χ0n) is 8.11. The highest BCUT2D eigenvalue weighted by atomic mass is 16.5. The summed E-state index contributed by atoms with van der Waals surface area (Å²) in [5.41, 5.74) is 6.38. The predicted octanol–water partition coefficient (Wildman–Crippen LogP) is 1.15. The number of rotatable bonds is 4. The van der Waals surface area contributed by atoms with Crippen LogP contribution in [0.15, 0.2) is 23.5 Å². The van der Waals surface area contributed by atoms with Crippen LogP contribution in [0.5, 0.6) is 0 Å². The highest BCUT2D eigenvalue weighted by molar-refractivity contribution is 5.74. The van der Waals surface area contributed by atoms with Crippen molar-refractivity contribution in [2.24, 2.45) is 11.7 Å². The summed E-state index contributed by atoms with van der Waals surface area (Å²) in [7, 11) is 0. The molecule has 0 amide bonds. The third-order valence-corrected chi connectivity index (χ3v) is 2.51. The van der Waals surface area contributed by atoms with Crippen molar-refractivity contribution in [1.29, 1.82) is 0 Å². The molecule has 0 aliphatic heterocycles. The van der Waals surface area contributed by atoms with Crippen LogP contribution in [0, 0.1) is 5.92 Å². The van der Waals surface area contributed by atoms with E-state index in [4.69, 9.17) is 10.5 Å². The fourth-order valence-electron chi connectivity index (χ4n) is 1.57. The lowest BCUT2D eigenvalue weighted by Gasteiger charge is -2.18. The molecule has 3 heteroatoms. The predicted molar refractivity (Wildman–Crippen MR) is 53.5 cm³/mol. The Morgan fingerprint density at radius 3 is 2.93 bits per heavy atom. The van der Waals surface area contributed by atoms with Crippen molar-refractivity contribution in [2.75, 3.05) is 6.54 Å². The normalized spacial score (nSPS) is 26.5. The van der Waals surface area contributed by atoms with Crippen LogP contribution in [0.4, 0.5) is 0 Å². The van der Waals surface area contributed by atoms with Crippen LogP contribution in [-0.2, 0) is 9.53 Å². The van der Waals surface area contributed by atoms with Gasteiger partial charge >= 0.3 is 0 Å². The van der Waals surface area contributed by atoms with Crippen molar-refractivity contribution < 1.29 is 9.53 Å². The minimum absolute atomic E-state index is 0.258. The van der Waals surface area contributed by atoms with E-state index in [2.05, 4.69) is 0 Å². The molecule has 0 aromatic carbocycles. The smallest absolute Gasteiger partial charge is 0.146 e. The van der Waals surface area contributed by atoms with Gasteiger partial charge in [0, 0.05) is 0 Å². The molecule has 2 rings (SSSR count). The number of ether oxygens (including phenoxy) is 1. The lowest BCUT2D eigenvalue weighted by Crippen LogP contribution is -2.17. The maximum atomic E-state index is 10.7. The maximum Gasteiger partial charge on any atom is 0.146 e. The van der Waals surface area contributed by atoms with Gasteiger partial charge in [-0.25, -0.2) is 0 Å². The largest absolute Gasteiger partial charge is 0.491 e. The first kappa shape index (κ1) is 9.46. The second-order valence-electron chi connectivity index (χ2n) is 3.92. The average Bonchev–Trinajstić information content (AvgIpc) is 3.01. The molecule has 1 unspecified atom stereocenters. The van der Waals surface area contributed by atoms with Crippen LogP contribution in [0.3, 0.4) is 0 Å². The Kier molecular flexibility index (Phi) is 2.68. The summed E-state index contributed by atoms with van der Waals surface area (Å²) in [6.45, 7) is 0.572. The molecule has 76 valence electrons. The molecule has 2 aliphatic rings. The van der Waals surface area contributed by atoms with Gasteiger partial charge in [-0.3, -0.25) is 4.79 Å². The van der Waals surface area contributed by atoms with E-state index < -0.39 is 0 Å². The fourth-order valence-corrected chi connectivity index (χ4v) is 1.57. The van der Waals surface area contributed by atoms with E-state index in [9.17, 15) is 4.79 Å². The molecule has 2 aliphatic carbocycles. The summed E-state index contributed by atoms with van der Waals surface area (Å²) in [6.07, 6.45) is 8.15. The van der Waals surface area contributed by atoms with Gasteiger partial charge in [0.05, 0.1) is 6.10 Å². The quantitative estimate of drug-likeness (QED) is 0.681. The molecule has 3 nitrogen and oxygen atoms in total. The molecule has 0 aromatic heterocycles. The molecule has 0 aromatic rings. The molecule has 0 spiro atoms. The highest BCUT2D eigenvalue weighted by Crippen LogP contribution is 2.30. The standard InChI is InChI=1S/C11H15NO2/c12-6-8-3-9(7-13)5-11(4-8)14-10-1-2-10/h4-5,7-8,10H,1-3,6,12H2. The van der Waals surface area contributed by atoms with Crippen molar-refractivity contribution in [3.63, 3.8) is 0 Å². The van der Waals surface area contributed by atoms with Gasteiger partial charge in [-0.1, -0.05) is 0 Å². The third-order valence-electron chi connectivity index (χ3n) is 2.51. The minimum Gasteiger partial charge on any atom is -0.491 e. The van der Waals surface area contributed by atoms with Crippen LogP contribution in [-0.4, -0.2) is 18.9 Å². The van der Waals surface area contributed by atoms with Gasteiger partial charge in [0.1, 0.15) is 12.0 Å². The Morgan fingerprint density at radius 1 is 1.57 bits per heavy atom. The van der Waals surface area contributed by atoms with E-state index in [1.54, 1.807) is 0 Å². The minimum atomic E-state index is 0.258. The van der Waals surface area contributed by atoms with E-state index in [0.717, 1.165) is 36.9 Å². The second-order valence-corrected chi connectivity index (χ2v) is 3.92. The van der Waals surface area contributed by atoms with Gasteiger partial charge in [0.2, 0.25) is 0 Å². The molecule has 0 heterocycles. The van der Waals surface area contributed by atoms with Crippen LogP contribution >= 0.6 is 0 Å². The summed E-state index contributed by atoms with van der Waals surface area (Å²) in [5.74, 6) is 1.09. The van der Waals surface area contributed by atoms with Crippen LogP contribution in [0.25, 0.3) is 0 Å². The Hall–Kier alpha value is -1.09. The van der Waals surface area contributed by atoms with Gasteiger partial charge in [-0.05, 0) is 49.5 Å². The van der Waals surface area contributed by atoms with Crippen LogP contribution < -0.4 is 5.73 Å². The third kappa shape index (κ3) is 2.23. The zero-order valence-corrected chi connectivity index (χ0v) is 8.11. The van der Waals surface area contributed by atoms with Crippen molar-refractivity contribution in [1.82, 2.24) is 0 Å². The first-order valence-corrected chi connectivity index (χ1v) is 5.06. The molecule has 2 N–H and O–H groups in total. The Labute approximate surface area is 83.6 Å². The Balaban J connectivity index is 2.06. The van der Waals surface area contributed by atoms with E-state index in [0.29, 0.717) is 12.6 Å². The fraction of sp³-hybridized carbons (Fsp3) is 0.545. The van der Waals surface area contributed by atoms with E-state index >= 15 is 0 Å². The van der Waals surface area contributed by atoms with Gasteiger partial charge in [0.25, 0.3) is 0 Å². The van der Waals surface area contributed by atoms with Crippen molar-refractivity contribution >= 4 is 6.29 Å². The summed E-state index contributed by atoms with van der Waals surface area (Å²) < 4.78 is 5.64. The van der Waals surface area contributed by atoms with Gasteiger partial charge in [0.15, 0.2) is 0 Å². The molecule has 0 bridgehead atoms. The summed E-state index contributed by atoms with van der Waals surface area (Å²) >= 11 is 0. The Bertz CT molecular complexity index is 290. The molecule has 1 saturated carbocycles. The van der Waals surface area contributed by atoms with Crippen molar-refractivity contribution in [2.45, 2.75) is 25.4 Å². The van der Waals surface area contributed by atoms with Gasteiger partial charge in [-0.15, -0.1) is 0 Å². The van der Waals surface area contributed by atoms with Crippen LogP contribution in [0.2, 0.25) is 0 Å². The molecule has 1 atom stereocenters. The number of nitrogens with two attached hydrogens (primary N) is 1. The van der Waals surface area contributed by atoms with Crippen LogP contribution in [0.1, 0.15) is 19.3 Å². The van der Waals surface area contributed by atoms with Gasteiger partial charge in [-0.2, -0.15) is 0 Å². The first-order chi connectivity index (χ1) is 6.81. The number of aldehydes is 1. The molecule has 1 fully saturated rings. The highest BCUT2D eigenvalue weighted by Gasteiger charge is 2.25. The van der Waals surface area contributed by atoms with E-state index in [-0.39, 0.29) is 5.92 Å². The summed E-state index contributed by atoms with van der Waals surface area (Å²) in [5, 5.41) is 0. The second kappa shape index (κ2) is 3.96. The number of carbonyl (C=O) groups excluding carboxylic acids is 1. The molecule has 0 radical (unpaired) electrons. The molecule has 14 heavy (non-hydrogen) atoms. The topological polar surface area (TPSA) is 52.3 Å². The zero-order chi connectivity index (χ0) is 9.97. The average molecular weight is 193 g/mol. The van der Waals surface area contributed by atoms with E-state index in [1.165, 1.54) is 0 Å². The lowest BCUT2D eigenvalue weighted by atomic mass is 9.94. The van der Waals surface area contributed by atoms with Gasteiger partial charge < -0.3 is 10.5 Å². The molecular weight excluding hydrogens is 178 g/mol. The number of hydrogen-bond donors (Lipinski definition) is 1. The number of allylic oxidation sites excluding steroid dienone is 2. The first-order valence-electron chi connectivity index (χ1n) is 5.06. The summed E-state index contributed by atoms with van der Waals surface area (Å²) in [4.78, 5) is 10.7. The monoisotopic (exact) mass is 193 g/mol. The number of carbonyl (C=O) groups is 1. The van der Waals surface area contributed by atoms with Crippen molar-refractivity contribution in [3.05, 3.63) is 23.5 Å². The van der Waals surface area contributed by atoms with E-state index in [1.807, 2.05) is 12.2 Å². The lowest BCUT2D eigenvalue weighted by molar-refractivity contribution is -0.105. The molecule has 0 saturated heterocycles. The maximum absolute atomic E-state index is 10.7. The van der Waals surface area contributed by atoms with Crippen molar-refractivity contribution in [3.8, 4) is 0 Å².